The Bertz CT molecular complexity index is 1240. The minimum atomic E-state index is -1.45. The maximum Gasteiger partial charge on any atom is 0.346 e. The van der Waals surface area contributed by atoms with Crippen molar-refractivity contribution in [2.75, 3.05) is 0 Å². The van der Waals surface area contributed by atoms with Gasteiger partial charge < -0.3 is 25.5 Å². The lowest BCUT2D eigenvalue weighted by Crippen LogP contribution is -2.56. The van der Waals surface area contributed by atoms with Gasteiger partial charge in [-0.15, -0.1) is 0 Å². The zero-order valence-electron chi connectivity index (χ0n) is 19.2. The van der Waals surface area contributed by atoms with Crippen molar-refractivity contribution in [3.05, 3.63) is 95.3 Å². The molecule has 3 aromatic rings. The molecule has 0 saturated heterocycles. The van der Waals surface area contributed by atoms with Crippen LogP contribution in [0, 0.1) is 0 Å². The molecule has 0 aliphatic heterocycles. The quantitative estimate of drug-likeness (QED) is 0.136. The van der Waals surface area contributed by atoms with Crippen molar-refractivity contribution in [2.24, 2.45) is 5.73 Å². The number of guanidine groups is 1. The van der Waals surface area contributed by atoms with Crippen molar-refractivity contribution in [3.63, 3.8) is 0 Å². The third kappa shape index (κ3) is 7.29. The summed E-state index contributed by atoms with van der Waals surface area (Å²) in [5, 5.41) is 24.3. The van der Waals surface area contributed by atoms with Crippen LogP contribution >= 0.6 is 0 Å². The molecule has 0 aliphatic carbocycles. The molecule has 0 spiro atoms. The van der Waals surface area contributed by atoms with Gasteiger partial charge in [0.2, 0.25) is 5.91 Å². The number of rotatable bonds is 10. The van der Waals surface area contributed by atoms with Crippen molar-refractivity contribution in [3.8, 4) is 0 Å². The fraction of sp³-hybridized carbons (Fsp3) is 0.160. The van der Waals surface area contributed by atoms with Gasteiger partial charge in [0.15, 0.2) is 0 Å². The van der Waals surface area contributed by atoms with E-state index in [1.165, 1.54) is 12.1 Å². The summed E-state index contributed by atoms with van der Waals surface area (Å²) in [5.74, 6) is -3.79. The average Bonchev–Trinajstić information content (AvgIpc) is 3.35. The standard InChI is InChI=1S/C25H26N6O5/c26-25(27)31-22(33)18-12-11-17(28-18)21(32)29-19(13-15-7-3-1-4-8-15)23(34)30-20(24(35)36)14-16-9-5-2-6-10-16/h1-12,19-20,28H,13-14H2,(H,29,32)(H,30,34)(H,35,36)(H4,26,27,31,33)/t19-,20+/m0/s1. The number of aliphatic carboxylic acids is 1. The van der Waals surface area contributed by atoms with Crippen LogP contribution in [-0.4, -0.2) is 46.7 Å². The first kappa shape index (κ1) is 25.7. The number of nitrogens with two attached hydrogens (primary N) is 2. The fourth-order valence-electron chi connectivity index (χ4n) is 3.47. The molecular weight excluding hydrogens is 464 g/mol. The summed E-state index contributed by atoms with van der Waals surface area (Å²) >= 11 is 0. The van der Waals surface area contributed by atoms with Crippen LogP contribution < -0.4 is 32.2 Å². The second kappa shape index (κ2) is 12.0. The van der Waals surface area contributed by atoms with E-state index < -0.39 is 35.8 Å². The predicted octanol–water partition coefficient (Wildman–Crippen LogP) is -2.36. The molecule has 36 heavy (non-hydrogen) atoms. The smallest absolute Gasteiger partial charge is 0.346 e. The highest BCUT2D eigenvalue weighted by Crippen LogP contribution is 2.08. The summed E-state index contributed by atoms with van der Waals surface area (Å²) in [7, 11) is 0. The number of hydrogen-bond donors (Lipinski definition) is 6. The molecule has 0 saturated carbocycles. The van der Waals surface area contributed by atoms with Crippen LogP contribution in [0.5, 0.6) is 0 Å². The van der Waals surface area contributed by atoms with E-state index in [1.54, 1.807) is 60.7 Å². The number of hydrogen-bond acceptors (Lipinski definition) is 5. The third-order valence-corrected chi connectivity index (χ3v) is 5.22. The van der Waals surface area contributed by atoms with E-state index in [0.717, 1.165) is 5.56 Å². The Kier molecular flexibility index (Phi) is 8.54. The molecule has 1 aromatic heterocycles. The molecule has 0 bridgehead atoms. The van der Waals surface area contributed by atoms with E-state index in [9.17, 15) is 24.3 Å². The fourth-order valence-corrected chi connectivity index (χ4v) is 3.47. The number of aromatic nitrogens is 1. The molecule has 3 rings (SSSR count). The van der Waals surface area contributed by atoms with Crippen molar-refractivity contribution < 1.29 is 29.7 Å². The third-order valence-electron chi connectivity index (χ3n) is 5.22. The van der Waals surface area contributed by atoms with Crippen molar-refractivity contribution in [1.29, 1.82) is 0 Å². The summed E-state index contributed by atoms with van der Waals surface area (Å²) in [6.07, 6.45) is 0.105. The summed E-state index contributed by atoms with van der Waals surface area (Å²) in [5.41, 5.74) is 6.73. The molecule has 0 radical (unpaired) electrons. The highest BCUT2D eigenvalue weighted by molar-refractivity contribution is 6.04. The van der Waals surface area contributed by atoms with Gasteiger partial charge in [-0.2, -0.15) is 0 Å². The van der Waals surface area contributed by atoms with Gasteiger partial charge in [-0.3, -0.25) is 20.7 Å². The van der Waals surface area contributed by atoms with E-state index >= 15 is 0 Å². The Morgan fingerprint density at radius 2 is 1.28 bits per heavy atom. The van der Waals surface area contributed by atoms with Crippen LogP contribution in [0.15, 0.2) is 72.8 Å². The summed E-state index contributed by atoms with van der Waals surface area (Å²) in [6, 6.07) is 18.0. The van der Waals surface area contributed by atoms with Gasteiger partial charge in [-0.25, -0.2) is 10.1 Å². The largest absolute Gasteiger partial charge is 0.548 e. The molecule has 0 fully saturated rings. The van der Waals surface area contributed by atoms with Gasteiger partial charge >= 0.3 is 11.9 Å². The number of carbonyl (C=O) groups is 4. The Hall–Kier alpha value is -4.93. The number of benzene rings is 2. The Morgan fingerprint density at radius 1 is 0.778 bits per heavy atom. The van der Waals surface area contributed by atoms with Crippen molar-refractivity contribution in [1.82, 2.24) is 20.9 Å². The minimum Gasteiger partial charge on any atom is -0.548 e. The zero-order valence-corrected chi connectivity index (χ0v) is 19.2. The monoisotopic (exact) mass is 490 g/mol. The first-order valence-corrected chi connectivity index (χ1v) is 11.0. The van der Waals surface area contributed by atoms with Crippen LogP contribution in [0.2, 0.25) is 0 Å². The molecule has 0 unspecified atom stereocenters. The number of H-pyrrole nitrogens is 1. The second-order valence-electron chi connectivity index (χ2n) is 7.98. The first-order valence-electron chi connectivity index (χ1n) is 11.0. The highest BCUT2D eigenvalue weighted by Gasteiger charge is 2.26. The van der Waals surface area contributed by atoms with Crippen LogP contribution in [0.1, 0.15) is 32.1 Å². The lowest BCUT2D eigenvalue weighted by atomic mass is 10.0. The molecular formula is C25H26N6O5. The van der Waals surface area contributed by atoms with Crippen molar-refractivity contribution in [2.45, 2.75) is 24.9 Å². The molecule has 3 amide bonds. The number of carboxylic acid groups (broad SMARTS) is 1. The Labute approximate surface area is 206 Å². The van der Waals surface area contributed by atoms with Crippen LogP contribution in [0.3, 0.4) is 0 Å². The number of amides is 3. The number of carboxylic acids is 1. The summed E-state index contributed by atoms with van der Waals surface area (Å²) in [4.78, 5) is 52.4. The predicted molar refractivity (Wildman–Crippen MR) is 128 cm³/mol. The van der Waals surface area contributed by atoms with E-state index in [-0.39, 0.29) is 30.2 Å². The number of carbonyl (C=O) groups excluding carboxylic acids is 4. The Morgan fingerprint density at radius 3 is 1.78 bits per heavy atom. The van der Waals surface area contributed by atoms with E-state index in [4.69, 9.17) is 11.1 Å². The SMILES string of the molecule is NC(=[NH2+])NC(=O)c1ccc(C(=O)N[C@@H](Cc2ccccc2)C(=O)N[C@H](Cc2ccccc2)C(=O)[O-])[nH]1. The van der Waals surface area contributed by atoms with Crippen LogP contribution in [0.25, 0.3) is 0 Å². The molecule has 0 aliphatic rings. The maximum absolute atomic E-state index is 13.1. The zero-order chi connectivity index (χ0) is 26.1. The van der Waals surface area contributed by atoms with Crippen LogP contribution in [0.4, 0.5) is 0 Å². The van der Waals surface area contributed by atoms with Gasteiger partial charge in [-0.05, 0) is 29.7 Å². The minimum absolute atomic E-state index is 0.00217. The lowest BCUT2D eigenvalue weighted by Gasteiger charge is -2.24. The molecule has 1 heterocycles. The summed E-state index contributed by atoms with van der Waals surface area (Å²) < 4.78 is 0. The molecule has 2 aromatic carbocycles. The van der Waals surface area contributed by atoms with Gasteiger partial charge in [0.1, 0.15) is 17.4 Å². The van der Waals surface area contributed by atoms with Crippen LogP contribution in [-0.2, 0) is 22.4 Å². The highest BCUT2D eigenvalue weighted by atomic mass is 16.4. The van der Waals surface area contributed by atoms with Crippen molar-refractivity contribution >= 4 is 29.7 Å². The van der Waals surface area contributed by atoms with Gasteiger partial charge in [0.25, 0.3) is 5.91 Å². The number of aromatic amines is 1. The molecule has 8 N–H and O–H groups in total. The summed E-state index contributed by atoms with van der Waals surface area (Å²) in [6.45, 7) is 0. The number of nitrogens with one attached hydrogen (secondary N) is 4. The molecule has 11 heteroatoms. The van der Waals surface area contributed by atoms with E-state index in [0.29, 0.717) is 5.56 Å². The lowest BCUT2D eigenvalue weighted by molar-refractivity contribution is -0.308. The van der Waals surface area contributed by atoms with E-state index in [1.807, 2.05) is 0 Å². The Balaban J connectivity index is 1.77. The second-order valence-corrected chi connectivity index (χ2v) is 7.98. The maximum atomic E-state index is 13.1. The average molecular weight is 491 g/mol. The first-order chi connectivity index (χ1) is 17.2. The van der Waals surface area contributed by atoms with Gasteiger partial charge in [0, 0.05) is 6.42 Å². The van der Waals surface area contributed by atoms with Gasteiger partial charge in [-0.1, -0.05) is 60.7 Å². The molecule has 186 valence electrons. The topological polar surface area (TPSA) is 195 Å². The molecule has 2 atom stereocenters. The molecule has 11 nitrogen and oxygen atoms in total. The van der Waals surface area contributed by atoms with Gasteiger partial charge in [0.05, 0.1) is 12.0 Å². The normalized spacial score (nSPS) is 12.1. The van der Waals surface area contributed by atoms with E-state index in [2.05, 4.69) is 20.9 Å².